The van der Waals surface area contributed by atoms with Crippen molar-refractivity contribution in [2.24, 2.45) is 0 Å². The molecule has 4 aromatic carbocycles. The summed E-state index contributed by atoms with van der Waals surface area (Å²) in [5, 5.41) is 9.02. The second-order valence-corrected chi connectivity index (χ2v) is 7.02. The average Bonchev–Trinajstić information content (AvgIpc) is 2.82. The summed E-state index contributed by atoms with van der Waals surface area (Å²) >= 11 is 0. The maximum Gasteiger partial charge on any atom is 2.00 e. The van der Waals surface area contributed by atoms with E-state index < -0.39 is 0 Å². The van der Waals surface area contributed by atoms with Crippen LogP contribution in [0.3, 0.4) is 0 Å². The average molecular weight is 417 g/mol. The smallest absolute Gasteiger partial charge is 0.655 e. The Balaban J connectivity index is 0.000000213. The zero-order chi connectivity index (χ0) is 20.7. The standard InChI is InChI=1S/2C14H14N.Mg/c2*1-3-7-13(8-4-1)11-15-12-14-9-5-2-6-10-14;/h2*1-10H,11-12H2;/q2*-1;+2. The molecule has 0 heterocycles. The van der Waals surface area contributed by atoms with Gasteiger partial charge in [0.1, 0.15) is 0 Å². The van der Waals surface area contributed by atoms with Crippen LogP contribution in [0.15, 0.2) is 121 Å². The Morgan fingerprint density at radius 2 is 0.516 bits per heavy atom. The molecule has 0 bridgehead atoms. The largest absolute Gasteiger partial charge is 2.00 e. The topological polar surface area (TPSA) is 28.2 Å². The predicted octanol–water partition coefficient (Wildman–Crippen LogP) is 7.14. The van der Waals surface area contributed by atoms with Crippen LogP contribution in [0.1, 0.15) is 22.3 Å². The molecule has 0 aliphatic heterocycles. The fraction of sp³-hybridized carbons (Fsp3) is 0.143. The first-order chi connectivity index (χ1) is 14.9. The van der Waals surface area contributed by atoms with Gasteiger partial charge in [0, 0.05) is 0 Å². The van der Waals surface area contributed by atoms with Gasteiger partial charge in [-0.3, -0.25) is 0 Å². The Morgan fingerprint density at radius 1 is 0.323 bits per heavy atom. The van der Waals surface area contributed by atoms with Crippen molar-refractivity contribution in [2.75, 3.05) is 0 Å². The van der Waals surface area contributed by atoms with Crippen LogP contribution in [0.2, 0.25) is 0 Å². The Kier molecular flexibility index (Phi) is 12.3. The van der Waals surface area contributed by atoms with Crippen molar-refractivity contribution in [1.29, 1.82) is 0 Å². The molecule has 0 N–H and O–H groups in total. The van der Waals surface area contributed by atoms with Crippen molar-refractivity contribution in [3.63, 3.8) is 0 Å². The van der Waals surface area contributed by atoms with Crippen molar-refractivity contribution in [1.82, 2.24) is 0 Å². The second-order valence-electron chi connectivity index (χ2n) is 7.02. The normalized spacial score (nSPS) is 9.81. The van der Waals surface area contributed by atoms with Crippen LogP contribution in [-0.4, -0.2) is 23.1 Å². The van der Waals surface area contributed by atoms with Gasteiger partial charge in [-0.15, -0.1) is 26.2 Å². The Bertz CT molecular complexity index is 770. The van der Waals surface area contributed by atoms with Gasteiger partial charge in [-0.1, -0.05) is 144 Å². The molecule has 0 unspecified atom stereocenters. The first kappa shape index (κ1) is 24.8. The SMILES string of the molecule is [Mg+2].c1ccc(C[N-]Cc2ccccc2)cc1.c1ccc(C[N-]Cc2ccccc2)cc1. The minimum Gasteiger partial charge on any atom is -0.655 e. The first-order valence-electron chi connectivity index (χ1n) is 10.3. The number of hydrogen-bond donors (Lipinski definition) is 0. The quantitative estimate of drug-likeness (QED) is 0.273. The molecule has 0 radical (unpaired) electrons. The van der Waals surface area contributed by atoms with Crippen molar-refractivity contribution in [3.8, 4) is 0 Å². The van der Waals surface area contributed by atoms with Crippen molar-refractivity contribution in [3.05, 3.63) is 154 Å². The molecule has 0 atom stereocenters. The minimum atomic E-state index is 0. The molecule has 0 saturated heterocycles. The van der Waals surface area contributed by atoms with E-state index >= 15 is 0 Å². The number of hydrogen-bond acceptors (Lipinski definition) is 0. The second kappa shape index (κ2) is 15.4. The summed E-state index contributed by atoms with van der Waals surface area (Å²) in [6.07, 6.45) is 0. The van der Waals surface area contributed by atoms with Crippen LogP contribution in [0, 0.1) is 0 Å². The van der Waals surface area contributed by atoms with E-state index in [-0.39, 0.29) is 23.1 Å². The molecule has 0 fully saturated rings. The Morgan fingerprint density at radius 3 is 0.710 bits per heavy atom. The molecule has 0 aliphatic carbocycles. The zero-order valence-corrected chi connectivity index (χ0v) is 19.4. The summed E-state index contributed by atoms with van der Waals surface area (Å²) in [5.74, 6) is 0. The van der Waals surface area contributed by atoms with Gasteiger partial charge < -0.3 is 10.6 Å². The molecule has 2 nitrogen and oxygen atoms in total. The monoisotopic (exact) mass is 416 g/mol. The summed E-state index contributed by atoms with van der Waals surface area (Å²) < 4.78 is 0. The van der Waals surface area contributed by atoms with Crippen LogP contribution in [-0.2, 0) is 26.2 Å². The van der Waals surface area contributed by atoms with E-state index in [1.165, 1.54) is 22.3 Å². The van der Waals surface area contributed by atoms with Gasteiger partial charge in [0.15, 0.2) is 0 Å². The summed E-state index contributed by atoms with van der Waals surface area (Å²) in [5.41, 5.74) is 5.09. The van der Waals surface area contributed by atoms with Gasteiger partial charge in [0.05, 0.1) is 0 Å². The molecule has 4 rings (SSSR count). The van der Waals surface area contributed by atoms with E-state index in [1.807, 2.05) is 72.8 Å². The van der Waals surface area contributed by atoms with Gasteiger partial charge in [-0.05, 0) is 0 Å². The molecule has 152 valence electrons. The van der Waals surface area contributed by atoms with Crippen LogP contribution >= 0.6 is 0 Å². The van der Waals surface area contributed by atoms with Crippen molar-refractivity contribution < 1.29 is 0 Å². The third kappa shape index (κ3) is 10.4. The molecule has 0 aliphatic rings. The van der Waals surface area contributed by atoms with E-state index in [2.05, 4.69) is 59.2 Å². The summed E-state index contributed by atoms with van der Waals surface area (Å²) in [4.78, 5) is 0. The molecule has 0 saturated carbocycles. The van der Waals surface area contributed by atoms with Crippen molar-refractivity contribution in [2.45, 2.75) is 26.2 Å². The summed E-state index contributed by atoms with van der Waals surface area (Å²) in [6, 6.07) is 41.4. The maximum absolute atomic E-state index is 4.51. The number of nitrogens with zero attached hydrogens (tertiary/aromatic N) is 2. The molecular formula is C28H28MgN2. The maximum atomic E-state index is 4.51. The summed E-state index contributed by atoms with van der Waals surface area (Å²) in [6.45, 7) is 3.21. The van der Waals surface area contributed by atoms with Crippen molar-refractivity contribution >= 4 is 23.1 Å². The molecule has 0 spiro atoms. The molecule has 4 aromatic rings. The number of rotatable bonds is 8. The van der Waals surface area contributed by atoms with Crippen LogP contribution in [0.5, 0.6) is 0 Å². The number of benzene rings is 4. The Hall–Kier alpha value is -2.43. The van der Waals surface area contributed by atoms with E-state index in [0.717, 1.165) is 26.2 Å². The molecule has 31 heavy (non-hydrogen) atoms. The minimum absolute atomic E-state index is 0. The fourth-order valence-electron chi connectivity index (χ4n) is 2.96. The Labute approximate surface area is 202 Å². The van der Waals surface area contributed by atoms with Crippen LogP contribution in [0.4, 0.5) is 0 Å². The van der Waals surface area contributed by atoms with Gasteiger partial charge in [0.25, 0.3) is 0 Å². The third-order valence-corrected chi connectivity index (χ3v) is 4.55. The van der Waals surface area contributed by atoms with Crippen LogP contribution < -0.4 is 0 Å². The zero-order valence-electron chi connectivity index (χ0n) is 18.0. The van der Waals surface area contributed by atoms with Gasteiger partial charge in [-0.2, -0.15) is 0 Å². The summed E-state index contributed by atoms with van der Waals surface area (Å²) in [7, 11) is 0. The van der Waals surface area contributed by atoms with E-state index in [1.54, 1.807) is 0 Å². The van der Waals surface area contributed by atoms with E-state index in [0.29, 0.717) is 0 Å². The molecule has 3 heteroatoms. The van der Waals surface area contributed by atoms with E-state index in [9.17, 15) is 0 Å². The fourth-order valence-corrected chi connectivity index (χ4v) is 2.96. The predicted molar refractivity (Wildman–Crippen MR) is 133 cm³/mol. The molecule has 0 amide bonds. The van der Waals surface area contributed by atoms with E-state index in [4.69, 9.17) is 0 Å². The van der Waals surface area contributed by atoms with Gasteiger partial charge >= 0.3 is 23.1 Å². The van der Waals surface area contributed by atoms with Gasteiger partial charge in [-0.25, -0.2) is 0 Å². The van der Waals surface area contributed by atoms with Crippen LogP contribution in [0.25, 0.3) is 10.6 Å². The molecular weight excluding hydrogens is 389 g/mol. The van der Waals surface area contributed by atoms with Gasteiger partial charge in [0.2, 0.25) is 0 Å². The first-order valence-corrected chi connectivity index (χ1v) is 10.3. The molecule has 0 aromatic heterocycles. The third-order valence-electron chi connectivity index (χ3n) is 4.55.